The van der Waals surface area contributed by atoms with E-state index in [0.29, 0.717) is 29.4 Å². The first-order valence-corrected chi connectivity index (χ1v) is 9.15. The number of benzene rings is 3. The number of carbonyl (C=O) groups excluding carboxylic acids is 2. The molecule has 1 heterocycles. The van der Waals surface area contributed by atoms with Crippen LogP contribution in [0.15, 0.2) is 54.6 Å². The van der Waals surface area contributed by atoms with E-state index >= 15 is 0 Å². The molecule has 1 aliphatic heterocycles. The smallest absolute Gasteiger partial charge is 0.251 e. The highest BCUT2D eigenvalue weighted by Gasteiger charge is 2.17. The van der Waals surface area contributed by atoms with Gasteiger partial charge in [-0.3, -0.25) is 9.59 Å². The quantitative estimate of drug-likeness (QED) is 0.674. The summed E-state index contributed by atoms with van der Waals surface area (Å²) in [5.41, 5.74) is 1.29. The maximum atomic E-state index is 12.3. The summed E-state index contributed by atoms with van der Waals surface area (Å²) in [7, 11) is 1.60. The van der Waals surface area contributed by atoms with Gasteiger partial charge in [-0.1, -0.05) is 30.3 Å². The van der Waals surface area contributed by atoms with E-state index in [9.17, 15) is 9.59 Å². The van der Waals surface area contributed by atoms with Crippen molar-refractivity contribution >= 4 is 22.6 Å². The fourth-order valence-corrected chi connectivity index (χ4v) is 3.24. The van der Waals surface area contributed by atoms with Gasteiger partial charge in [0.15, 0.2) is 11.5 Å². The maximum Gasteiger partial charge on any atom is 0.251 e. The summed E-state index contributed by atoms with van der Waals surface area (Å²) in [5.74, 6) is 1.16. The Bertz CT molecular complexity index is 1080. The van der Waals surface area contributed by atoms with E-state index in [1.807, 2.05) is 36.4 Å². The predicted molar refractivity (Wildman–Crippen MR) is 107 cm³/mol. The van der Waals surface area contributed by atoms with Crippen molar-refractivity contribution < 1.29 is 23.8 Å². The molecule has 1 aliphatic rings. The lowest BCUT2D eigenvalue weighted by Crippen LogP contribution is -2.36. The standard InChI is InChI=1S/C22H20N2O5/c1-27-18-8-6-14-4-2-3-5-16(14)17(18)11-23-21(25)12-24-22(26)15-7-9-19-20(10-15)29-13-28-19/h2-10H,11-13H2,1H3,(H,23,25)(H,24,26). The molecule has 3 aromatic carbocycles. The number of rotatable bonds is 6. The van der Waals surface area contributed by atoms with Gasteiger partial charge in [-0.25, -0.2) is 0 Å². The molecule has 0 aliphatic carbocycles. The van der Waals surface area contributed by atoms with Crippen LogP contribution in [-0.4, -0.2) is 32.3 Å². The Labute approximate surface area is 167 Å². The van der Waals surface area contributed by atoms with Gasteiger partial charge in [0.05, 0.1) is 13.7 Å². The summed E-state index contributed by atoms with van der Waals surface area (Å²) >= 11 is 0. The second-order valence-corrected chi connectivity index (χ2v) is 6.49. The van der Waals surface area contributed by atoms with Crippen LogP contribution in [0.2, 0.25) is 0 Å². The highest BCUT2D eigenvalue weighted by atomic mass is 16.7. The molecule has 0 atom stereocenters. The van der Waals surface area contributed by atoms with Crippen LogP contribution in [0.5, 0.6) is 17.2 Å². The fourth-order valence-electron chi connectivity index (χ4n) is 3.24. The Morgan fingerprint density at radius 3 is 2.69 bits per heavy atom. The number of hydrogen-bond acceptors (Lipinski definition) is 5. The summed E-state index contributed by atoms with van der Waals surface area (Å²) in [6.07, 6.45) is 0. The molecule has 0 saturated carbocycles. The van der Waals surface area contributed by atoms with Crippen molar-refractivity contribution in [1.82, 2.24) is 10.6 Å². The van der Waals surface area contributed by atoms with Crippen LogP contribution in [0.3, 0.4) is 0 Å². The van der Waals surface area contributed by atoms with Crippen molar-refractivity contribution in [2.45, 2.75) is 6.54 Å². The van der Waals surface area contributed by atoms with E-state index in [1.165, 1.54) is 0 Å². The highest BCUT2D eigenvalue weighted by Crippen LogP contribution is 2.32. The normalized spacial score (nSPS) is 11.9. The minimum Gasteiger partial charge on any atom is -0.496 e. The lowest BCUT2D eigenvalue weighted by atomic mass is 10.0. The molecule has 0 radical (unpaired) electrons. The zero-order chi connectivity index (χ0) is 20.2. The van der Waals surface area contributed by atoms with Crippen molar-refractivity contribution in [2.24, 2.45) is 0 Å². The molecule has 0 unspecified atom stereocenters. The predicted octanol–water partition coefficient (Wildman–Crippen LogP) is 2.62. The first-order chi connectivity index (χ1) is 14.2. The van der Waals surface area contributed by atoms with E-state index in [-0.39, 0.29) is 25.2 Å². The van der Waals surface area contributed by atoms with Crippen molar-refractivity contribution in [3.63, 3.8) is 0 Å². The van der Waals surface area contributed by atoms with E-state index in [4.69, 9.17) is 14.2 Å². The van der Waals surface area contributed by atoms with Crippen molar-refractivity contribution in [2.75, 3.05) is 20.4 Å². The third kappa shape index (κ3) is 3.94. The van der Waals surface area contributed by atoms with Crippen LogP contribution in [-0.2, 0) is 11.3 Å². The molecule has 29 heavy (non-hydrogen) atoms. The molecule has 0 spiro atoms. The zero-order valence-electron chi connectivity index (χ0n) is 15.9. The minimum atomic E-state index is -0.360. The number of fused-ring (bicyclic) bond motifs is 2. The Hall–Kier alpha value is -3.74. The molecular weight excluding hydrogens is 372 g/mol. The number of nitrogens with one attached hydrogen (secondary N) is 2. The summed E-state index contributed by atoms with van der Waals surface area (Å²) in [6, 6.07) is 16.6. The molecule has 3 aromatic rings. The summed E-state index contributed by atoms with van der Waals surface area (Å²) in [5, 5.41) is 7.52. The first kappa shape index (κ1) is 18.6. The van der Waals surface area contributed by atoms with Gasteiger partial charge in [-0.15, -0.1) is 0 Å². The molecule has 2 amide bonds. The van der Waals surface area contributed by atoms with Crippen LogP contribution in [0.1, 0.15) is 15.9 Å². The third-order valence-corrected chi connectivity index (χ3v) is 4.72. The largest absolute Gasteiger partial charge is 0.496 e. The second kappa shape index (κ2) is 8.10. The van der Waals surface area contributed by atoms with E-state index < -0.39 is 0 Å². The van der Waals surface area contributed by atoms with Gasteiger partial charge in [0.2, 0.25) is 12.7 Å². The Morgan fingerprint density at radius 1 is 1.00 bits per heavy atom. The zero-order valence-corrected chi connectivity index (χ0v) is 15.9. The molecule has 0 bridgehead atoms. The molecule has 148 valence electrons. The maximum absolute atomic E-state index is 12.3. The van der Waals surface area contributed by atoms with Gasteiger partial charge in [0, 0.05) is 17.7 Å². The van der Waals surface area contributed by atoms with Gasteiger partial charge < -0.3 is 24.8 Å². The number of carbonyl (C=O) groups is 2. The van der Waals surface area contributed by atoms with Gasteiger partial charge in [-0.05, 0) is 35.0 Å². The van der Waals surface area contributed by atoms with Gasteiger partial charge >= 0.3 is 0 Å². The van der Waals surface area contributed by atoms with E-state index in [0.717, 1.165) is 16.3 Å². The number of ether oxygens (including phenoxy) is 3. The van der Waals surface area contributed by atoms with Crippen LogP contribution < -0.4 is 24.8 Å². The number of amides is 2. The molecule has 4 rings (SSSR count). The average molecular weight is 392 g/mol. The summed E-state index contributed by atoms with van der Waals surface area (Å²) in [6.45, 7) is 0.296. The molecule has 0 aromatic heterocycles. The minimum absolute atomic E-state index is 0.139. The van der Waals surface area contributed by atoms with Crippen LogP contribution in [0.25, 0.3) is 10.8 Å². The van der Waals surface area contributed by atoms with Gasteiger partial charge in [0.25, 0.3) is 5.91 Å². The lowest BCUT2D eigenvalue weighted by Gasteiger charge is -2.13. The van der Waals surface area contributed by atoms with E-state index in [2.05, 4.69) is 10.6 Å². The third-order valence-electron chi connectivity index (χ3n) is 4.72. The second-order valence-electron chi connectivity index (χ2n) is 6.49. The Kier molecular flexibility index (Phi) is 5.20. The van der Waals surface area contributed by atoms with Crippen LogP contribution in [0.4, 0.5) is 0 Å². The topological polar surface area (TPSA) is 85.9 Å². The molecule has 7 heteroatoms. The lowest BCUT2D eigenvalue weighted by molar-refractivity contribution is -0.120. The Morgan fingerprint density at radius 2 is 1.83 bits per heavy atom. The van der Waals surface area contributed by atoms with E-state index in [1.54, 1.807) is 25.3 Å². The number of methoxy groups -OCH3 is 1. The molecule has 7 nitrogen and oxygen atoms in total. The molecule has 0 saturated heterocycles. The highest BCUT2D eigenvalue weighted by molar-refractivity contribution is 5.97. The SMILES string of the molecule is COc1ccc2ccccc2c1CNC(=O)CNC(=O)c1ccc2c(c1)OCO2. The summed E-state index contributed by atoms with van der Waals surface area (Å²) < 4.78 is 15.9. The fraction of sp³-hybridized carbons (Fsp3) is 0.182. The Balaban J connectivity index is 1.37. The molecule has 0 fully saturated rings. The van der Waals surface area contributed by atoms with Crippen LogP contribution in [0, 0.1) is 0 Å². The van der Waals surface area contributed by atoms with Crippen molar-refractivity contribution in [1.29, 1.82) is 0 Å². The van der Waals surface area contributed by atoms with Gasteiger partial charge in [0.1, 0.15) is 5.75 Å². The number of hydrogen-bond donors (Lipinski definition) is 2. The first-order valence-electron chi connectivity index (χ1n) is 9.15. The van der Waals surface area contributed by atoms with Crippen LogP contribution >= 0.6 is 0 Å². The summed E-state index contributed by atoms with van der Waals surface area (Å²) in [4.78, 5) is 24.6. The van der Waals surface area contributed by atoms with Crippen molar-refractivity contribution in [3.8, 4) is 17.2 Å². The molecule has 2 N–H and O–H groups in total. The van der Waals surface area contributed by atoms with Crippen molar-refractivity contribution in [3.05, 3.63) is 65.7 Å². The molecular formula is C22H20N2O5. The monoisotopic (exact) mass is 392 g/mol. The average Bonchev–Trinajstić information content (AvgIpc) is 3.23. The van der Waals surface area contributed by atoms with Gasteiger partial charge in [-0.2, -0.15) is 0 Å².